The number of carbonyl (C=O) groups is 2. The molecule has 2 aliphatic rings. The highest BCUT2D eigenvalue weighted by Crippen LogP contribution is 2.23. The Hall–Kier alpha value is -1.45. The summed E-state index contributed by atoms with van der Waals surface area (Å²) in [7, 11) is -3.05. The number of amides is 3. The fourth-order valence-corrected chi connectivity index (χ4v) is 5.98. The number of carbonyl (C=O) groups excluding carboxylic acids is 2. The van der Waals surface area contributed by atoms with Gasteiger partial charge < -0.3 is 5.32 Å². The van der Waals surface area contributed by atoms with E-state index in [0.29, 0.717) is 25.3 Å². The second kappa shape index (κ2) is 7.66. The highest BCUT2D eigenvalue weighted by molar-refractivity contribution is 7.91. The minimum Gasteiger partial charge on any atom is -0.326 e. The lowest BCUT2D eigenvalue weighted by atomic mass is 10.0. The number of urea groups is 1. The molecule has 0 spiro atoms. The number of rotatable bonds is 7. The highest BCUT2D eigenvalue weighted by Gasteiger charge is 2.41. The predicted octanol–water partition coefficient (Wildman–Crippen LogP) is 1.66. The quantitative estimate of drug-likeness (QED) is 0.705. The van der Waals surface area contributed by atoms with Crippen molar-refractivity contribution in [2.45, 2.75) is 45.3 Å². The molecule has 0 aromatic carbocycles. The Morgan fingerprint density at radius 3 is 2.73 bits per heavy atom. The monoisotopic (exact) mass is 399 g/mol. The minimum atomic E-state index is -3.05. The average molecular weight is 400 g/mol. The van der Waals surface area contributed by atoms with Gasteiger partial charge in [0.1, 0.15) is 6.04 Å². The van der Waals surface area contributed by atoms with Crippen LogP contribution < -0.4 is 5.32 Å². The smallest absolute Gasteiger partial charge is 0.325 e. The topological polar surface area (TPSA) is 86.8 Å². The average Bonchev–Trinajstić information content (AvgIpc) is 3.23. The lowest BCUT2D eigenvalue weighted by molar-refractivity contribution is -0.129. The van der Waals surface area contributed by atoms with Crippen LogP contribution in [0.5, 0.6) is 0 Å². The van der Waals surface area contributed by atoms with Crippen LogP contribution in [0.4, 0.5) is 4.79 Å². The van der Waals surface area contributed by atoms with Gasteiger partial charge in [0.25, 0.3) is 5.91 Å². The molecule has 0 unspecified atom stereocenters. The van der Waals surface area contributed by atoms with Crippen molar-refractivity contribution in [1.29, 1.82) is 0 Å². The molecule has 0 saturated carbocycles. The van der Waals surface area contributed by atoms with E-state index in [4.69, 9.17) is 0 Å². The van der Waals surface area contributed by atoms with Crippen LogP contribution in [0.1, 0.15) is 31.6 Å². The SMILES string of the molecule is CC(C)C[C@H]1NC(=O)N(CN(Cc2cccs2)[C@@H]2CCS(=O)(=O)C2)C1=O. The Morgan fingerprint density at radius 1 is 1.38 bits per heavy atom. The summed E-state index contributed by atoms with van der Waals surface area (Å²) < 4.78 is 23.8. The van der Waals surface area contributed by atoms with Gasteiger partial charge in [-0.25, -0.2) is 18.1 Å². The van der Waals surface area contributed by atoms with E-state index in [1.54, 1.807) is 11.3 Å². The molecule has 2 atom stereocenters. The van der Waals surface area contributed by atoms with E-state index < -0.39 is 21.9 Å². The molecule has 3 heterocycles. The molecule has 2 fully saturated rings. The van der Waals surface area contributed by atoms with E-state index in [0.717, 1.165) is 4.88 Å². The van der Waals surface area contributed by atoms with Crippen LogP contribution in [0.3, 0.4) is 0 Å². The summed E-state index contributed by atoms with van der Waals surface area (Å²) in [5.41, 5.74) is 0. The van der Waals surface area contributed by atoms with Crippen molar-refractivity contribution in [3.05, 3.63) is 22.4 Å². The second-order valence-electron chi connectivity index (χ2n) is 7.42. The van der Waals surface area contributed by atoms with Gasteiger partial charge in [0.2, 0.25) is 0 Å². The van der Waals surface area contributed by atoms with Gasteiger partial charge in [-0.15, -0.1) is 11.3 Å². The van der Waals surface area contributed by atoms with E-state index in [1.165, 1.54) is 4.90 Å². The third-order valence-corrected chi connectivity index (χ3v) is 7.41. The molecule has 26 heavy (non-hydrogen) atoms. The minimum absolute atomic E-state index is 0.0808. The third-order valence-electron chi connectivity index (χ3n) is 4.80. The summed E-state index contributed by atoms with van der Waals surface area (Å²) in [6.45, 7) is 4.67. The molecule has 1 aromatic rings. The van der Waals surface area contributed by atoms with Crippen LogP contribution in [0.2, 0.25) is 0 Å². The molecule has 2 aliphatic heterocycles. The standard InChI is InChI=1S/C17H25N3O4S2/c1-12(2)8-15-16(21)20(17(22)18-15)11-19(9-14-4-3-6-25-14)13-5-7-26(23,24)10-13/h3-4,6,12-13,15H,5,7-11H2,1-2H3,(H,18,22)/t13-,15-/m1/s1. The van der Waals surface area contributed by atoms with Crippen molar-refractivity contribution in [3.63, 3.8) is 0 Å². The molecule has 0 bridgehead atoms. The lowest BCUT2D eigenvalue weighted by Crippen LogP contribution is -2.46. The van der Waals surface area contributed by atoms with Gasteiger partial charge in [-0.05, 0) is 30.2 Å². The van der Waals surface area contributed by atoms with Crippen molar-refractivity contribution >= 4 is 33.1 Å². The number of thiophene rings is 1. The van der Waals surface area contributed by atoms with Crippen molar-refractivity contribution < 1.29 is 18.0 Å². The van der Waals surface area contributed by atoms with Gasteiger partial charge >= 0.3 is 6.03 Å². The van der Waals surface area contributed by atoms with Gasteiger partial charge in [-0.2, -0.15) is 0 Å². The zero-order valence-corrected chi connectivity index (χ0v) is 16.7. The van der Waals surface area contributed by atoms with Crippen LogP contribution >= 0.6 is 11.3 Å². The first-order valence-electron chi connectivity index (χ1n) is 8.84. The van der Waals surface area contributed by atoms with Crippen LogP contribution in [0, 0.1) is 5.92 Å². The number of imide groups is 1. The molecule has 1 N–H and O–H groups in total. The molecule has 9 heteroatoms. The maximum absolute atomic E-state index is 12.6. The Morgan fingerprint density at radius 2 is 2.15 bits per heavy atom. The van der Waals surface area contributed by atoms with Gasteiger partial charge in [-0.1, -0.05) is 19.9 Å². The summed E-state index contributed by atoms with van der Waals surface area (Å²) in [6, 6.07) is 2.87. The van der Waals surface area contributed by atoms with Crippen LogP contribution in [-0.2, 0) is 21.2 Å². The largest absolute Gasteiger partial charge is 0.326 e. The number of nitrogens with zero attached hydrogens (tertiary/aromatic N) is 2. The molecule has 1 aromatic heterocycles. The van der Waals surface area contributed by atoms with Gasteiger partial charge in [0.05, 0.1) is 18.2 Å². The van der Waals surface area contributed by atoms with Gasteiger partial charge in [0, 0.05) is 17.5 Å². The Kier molecular flexibility index (Phi) is 5.69. The lowest BCUT2D eigenvalue weighted by Gasteiger charge is -2.30. The molecule has 0 aliphatic carbocycles. The molecule has 7 nitrogen and oxygen atoms in total. The first-order chi connectivity index (χ1) is 12.2. The van der Waals surface area contributed by atoms with E-state index in [2.05, 4.69) is 5.32 Å². The van der Waals surface area contributed by atoms with Gasteiger partial charge in [0.15, 0.2) is 9.84 Å². The Labute approximate surface area is 158 Å². The molecule has 144 valence electrons. The molecule has 3 rings (SSSR count). The summed E-state index contributed by atoms with van der Waals surface area (Å²) >= 11 is 1.58. The van der Waals surface area contributed by atoms with E-state index in [9.17, 15) is 18.0 Å². The third kappa shape index (κ3) is 4.44. The number of sulfone groups is 1. The van der Waals surface area contributed by atoms with Gasteiger partial charge in [-0.3, -0.25) is 9.69 Å². The predicted molar refractivity (Wildman–Crippen MR) is 100 cm³/mol. The zero-order valence-electron chi connectivity index (χ0n) is 15.1. The number of nitrogens with one attached hydrogen (secondary N) is 1. The Balaban J connectivity index is 1.75. The van der Waals surface area contributed by atoms with Crippen molar-refractivity contribution in [2.75, 3.05) is 18.2 Å². The fourth-order valence-electron chi connectivity index (χ4n) is 3.48. The summed E-state index contributed by atoms with van der Waals surface area (Å²) in [5.74, 6) is 0.318. The molecule has 2 saturated heterocycles. The van der Waals surface area contributed by atoms with Crippen LogP contribution in [0.15, 0.2) is 17.5 Å². The maximum Gasteiger partial charge on any atom is 0.325 e. The Bertz CT molecular complexity index is 761. The summed E-state index contributed by atoms with van der Waals surface area (Å²) in [5, 5.41) is 4.71. The van der Waals surface area contributed by atoms with Crippen molar-refractivity contribution in [3.8, 4) is 0 Å². The highest BCUT2D eigenvalue weighted by atomic mass is 32.2. The summed E-state index contributed by atoms with van der Waals surface area (Å²) in [6.07, 6.45) is 1.14. The first kappa shape index (κ1) is 19.3. The molecule has 3 amide bonds. The first-order valence-corrected chi connectivity index (χ1v) is 11.5. The maximum atomic E-state index is 12.6. The van der Waals surface area contributed by atoms with Crippen LogP contribution in [-0.4, -0.2) is 60.4 Å². The second-order valence-corrected chi connectivity index (χ2v) is 10.7. The summed E-state index contributed by atoms with van der Waals surface area (Å²) in [4.78, 5) is 29.2. The van der Waals surface area contributed by atoms with Crippen molar-refractivity contribution in [1.82, 2.24) is 15.1 Å². The fraction of sp³-hybridized carbons (Fsp3) is 0.647. The molecular formula is C17H25N3O4S2. The van der Waals surface area contributed by atoms with E-state index in [1.807, 2.05) is 36.3 Å². The van der Waals surface area contributed by atoms with Crippen LogP contribution in [0.25, 0.3) is 0 Å². The molecular weight excluding hydrogens is 374 g/mol. The number of hydrogen-bond donors (Lipinski definition) is 1. The van der Waals surface area contributed by atoms with E-state index >= 15 is 0 Å². The molecule has 0 radical (unpaired) electrons. The number of hydrogen-bond acceptors (Lipinski definition) is 6. The van der Waals surface area contributed by atoms with E-state index in [-0.39, 0.29) is 30.1 Å². The normalized spacial score (nSPS) is 25.5. The van der Waals surface area contributed by atoms with Crippen molar-refractivity contribution in [2.24, 2.45) is 5.92 Å². The zero-order chi connectivity index (χ0) is 18.9.